The number of nitrogens with zero attached hydrogens (tertiary/aromatic N) is 2. The summed E-state index contributed by atoms with van der Waals surface area (Å²) < 4.78 is 10.4. The van der Waals surface area contributed by atoms with Gasteiger partial charge in [0.1, 0.15) is 11.8 Å². The zero-order chi connectivity index (χ0) is 24.0. The third-order valence-corrected chi connectivity index (χ3v) is 5.77. The number of ketones is 1. The van der Waals surface area contributed by atoms with Gasteiger partial charge in [-0.25, -0.2) is 9.79 Å². The molecule has 172 valence electrons. The summed E-state index contributed by atoms with van der Waals surface area (Å²) in [4.78, 5) is 40.1. The molecule has 0 radical (unpaired) electrons. The molecule has 0 unspecified atom stereocenters. The van der Waals surface area contributed by atoms with Crippen molar-refractivity contribution in [3.63, 3.8) is 0 Å². The Bertz CT molecular complexity index is 1110. The predicted octanol–water partition coefficient (Wildman–Crippen LogP) is 4.06. The van der Waals surface area contributed by atoms with Crippen LogP contribution in [0.4, 0.5) is 5.69 Å². The number of amidine groups is 1. The van der Waals surface area contributed by atoms with E-state index in [1.54, 1.807) is 33.1 Å². The number of hydrogen-bond donors (Lipinski definition) is 1. The number of rotatable bonds is 8. The third kappa shape index (κ3) is 5.78. The van der Waals surface area contributed by atoms with Gasteiger partial charge < -0.3 is 14.8 Å². The molecule has 0 saturated carbocycles. The summed E-state index contributed by atoms with van der Waals surface area (Å²) in [7, 11) is 1.57. The SMILES string of the molecule is CCOC(=O)C1=C(C)NC(SCC(=O)c2ccc([N+](=O)[O-])cc2)=N[C@@H]1c1ccc(OC)cc1. The number of nitro benzene ring substituents is 1. The number of ether oxygens (including phenoxy) is 2. The molecular weight excluding hydrogens is 446 g/mol. The number of allylic oxidation sites excluding steroid dienone is 1. The van der Waals surface area contributed by atoms with Crippen LogP contribution in [0.15, 0.2) is 64.8 Å². The molecule has 1 aliphatic rings. The van der Waals surface area contributed by atoms with Gasteiger partial charge in [-0.2, -0.15) is 0 Å². The first-order valence-corrected chi connectivity index (χ1v) is 11.1. The number of methoxy groups -OCH3 is 1. The molecule has 0 aliphatic carbocycles. The number of aliphatic imine (C=N–C) groups is 1. The Morgan fingerprint density at radius 1 is 1.15 bits per heavy atom. The van der Waals surface area contributed by atoms with Gasteiger partial charge in [-0.3, -0.25) is 14.9 Å². The zero-order valence-corrected chi connectivity index (χ0v) is 19.2. The van der Waals surface area contributed by atoms with Crippen LogP contribution in [-0.2, 0) is 9.53 Å². The van der Waals surface area contributed by atoms with E-state index in [2.05, 4.69) is 10.3 Å². The van der Waals surface area contributed by atoms with Gasteiger partial charge in [0.15, 0.2) is 11.0 Å². The largest absolute Gasteiger partial charge is 0.497 e. The highest BCUT2D eigenvalue weighted by atomic mass is 32.2. The van der Waals surface area contributed by atoms with Crippen LogP contribution in [0.2, 0.25) is 0 Å². The standard InChI is InChI=1S/C23H23N3O6S/c1-4-32-22(28)20-14(2)24-23(25-21(20)16-7-11-18(31-3)12-8-16)33-13-19(27)15-5-9-17(10-6-15)26(29)30/h5-12,21H,4,13H2,1-3H3,(H,24,25)/t21-/m1/s1. The van der Waals surface area contributed by atoms with E-state index < -0.39 is 16.9 Å². The minimum atomic E-state index is -0.604. The highest BCUT2D eigenvalue weighted by Crippen LogP contribution is 2.33. The van der Waals surface area contributed by atoms with Crippen molar-refractivity contribution in [2.75, 3.05) is 19.5 Å². The number of nitrogens with one attached hydrogen (secondary N) is 1. The molecule has 10 heteroatoms. The Labute approximate surface area is 195 Å². The Hall–Kier alpha value is -3.66. The maximum absolute atomic E-state index is 12.6. The topological polar surface area (TPSA) is 120 Å². The molecule has 33 heavy (non-hydrogen) atoms. The molecule has 0 amide bonds. The maximum atomic E-state index is 12.6. The summed E-state index contributed by atoms with van der Waals surface area (Å²) in [5.74, 6) is 0.0932. The van der Waals surface area contributed by atoms with Crippen LogP contribution in [-0.4, -0.2) is 41.3 Å². The lowest BCUT2D eigenvalue weighted by molar-refractivity contribution is -0.384. The third-order valence-electron chi connectivity index (χ3n) is 4.89. The van der Waals surface area contributed by atoms with Gasteiger partial charge >= 0.3 is 5.97 Å². The lowest BCUT2D eigenvalue weighted by Gasteiger charge is -2.25. The van der Waals surface area contributed by atoms with Crippen molar-refractivity contribution in [3.05, 3.63) is 81.0 Å². The van der Waals surface area contributed by atoms with E-state index in [0.717, 1.165) is 5.56 Å². The molecule has 9 nitrogen and oxygen atoms in total. The normalized spacial score (nSPS) is 15.4. The Balaban J connectivity index is 1.80. The second-order valence-electron chi connectivity index (χ2n) is 7.01. The van der Waals surface area contributed by atoms with E-state index in [1.165, 1.54) is 36.0 Å². The molecule has 3 rings (SSSR count). The molecule has 0 saturated heterocycles. The van der Waals surface area contributed by atoms with E-state index in [4.69, 9.17) is 9.47 Å². The lowest BCUT2D eigenvalue weighted by atomic mass is 9.96. The molecule has 1 aliphatic heterocycles. The van der Waals surface area contributed by atoms with Crippen molar-refractivity contribution in [1.82, 2.24) is 5.32 Å². The highest BCUT2D eigenvalue weighted by Gasteiger charge is 2.30. The van der Waals surface area contributed by atoms with Crippen molar-refractivity contribution in [1.29, 1.82) is 0 Å². The van der Waals surface area contributed by atoms with Gasteiger partial charge in [-0.15, -0.1) is 0 Å². The number of esters is 1. The van der Waals surface area contributed by atoms with Crippen LogP contribution in [0.1, 0.15) is 35.8 Å². The van der Waals surface area contributed by atoms with Crippen molar-refractivity contribution in [3.8, 4) is 5.75 Å². The van der Waals surface area contributed by atoms with Gasteiger partial charge in [0.05, 0.1) is 30.0 Å². The number of nitro groups is 1. The monoisotopic (exact) mass is 469 g/mol. The molecule has 2 aromatic rings. The van der Waals surface area contributed by atoms with Gasteiger partial charge in [-0.05, 0) is 43.7 Å². The van der Waals surface area contributed by atoms with E-state index in [-0.39, 0.29) is 23.8 Å². The highest BCUT2D eigenvalue weighted by molar-refractivity contribution is 8.14. The Kier molecular flexibility index (Phi) is 7.83. The van der Waals surface area contributed by atoms with E-state index in [9.17, 15) is 19.7 Å². The van der Waals surface area contributed by atoms with E-state index >= 15 is 0 Å². The summed E-state index contributed by atoms with van der Waals surface area (Å²) in [6.45, 7) is 3.73. The zero-order valence-electron chi connectivity index (χ0n) is 18.4. The van der Waals surface area contributed by atoms with Crippen molar-refractivity contribution < 1.29 is 24.0 Å². The molecule has 2 aromatic carbocycles. The average Bonchev–Trinajstić information content (AvgIpc) is 2.82. The molecule has 1 N–H and O–H groups in total. The first-order valence-electron chi connectivity index (χ1n) is 10.1. The van der Waals surface area contributed by atoms with Gasteiger partial charge in [0, 0.05) is 23.4 Å². The number of benzene rings is 2. The summed E-state index contributed by atoms with van der Waals surface area (Å²) in [5.41, 5.74) is 2.06. The molecular formula is C23H23N3O6S. The molecule has 0 bridgehead atoms. The van der Waals surface area contributed by atoms with Crippen molar-refractivity contribution in [2.45, 2.75) is 19.9 Å². The van der Waals surface area contributed by atoms with Crippen LogP contribution >= 0.6 is 11.8 Å². The second kappa shape index (κ2) is 10.8. The molecule has 0 spiro atoms. The summed E-state index contributed by atoms with van der Waals surface area (Å²) >= 11 is 1.19. The van der Waals surface area contributed by atoms with Gasteiger partial charge in [-0.1, -0.05) is 23.9 Å². The number of non-ortho nitro benzene ring substituents is 1. The first-order chi connectivity index (χ1) is 15.8. The molecule has 0 aromatic heterocycles. The fourth-order valence-electron chi connectivity index (χ4n) is 3.21. The molecule has 1 heterocycles. The number of Topliss-reactive ketones (excluding diaryl/α,β-unsaturated/α-hetero) is 1. The quantitative estimate of drug-likeness (QED) is 0.266. The first kappa shape index (κ1) is 24.0. The fraction of sp³-hybridized carbons (Fsp3) is 0.261. The second-order valence-corrected chi connectivity index (χ2v) is 7.97. The van der Waals surface area contributed by atoms with Crippen molar-refractivity contribution >= 4 is 34.4 Å². The lowest BCUT2D eigenvalue weighted by Crippen LogP contribution is -2.31. The van der Waals surface area contributed by atoms with Gasteiger partial charge in [0.2, 0.25) is 0 Å². The van der Waals surface area contributed by atoms with Crippen LogP contribution in [0.3, 0.4) is 0 Å². The van der Waals surface area contributed by atoms with E-state index in [0.29, 0.717) is 27.8 Å². The summed E-state index contributed by atoms with van der Waals surface area (Å²) in [6.07, 6.45) is 0. The number of carbonyl (C=O) groups is 2. The maximum Gasteiger partial charge on any atom is 0.338 e. The summed E-state index contributed by atoms with van der Waals surface area (Å²) in [5, 5.41) is 14.4. The molecule has 0 fully saturated rings. The molecule has 1 atom stereocenters. The number of thioether (sulfide) groups is 1. The Morgan fingerprint density at radius 3 is 2.39 bits per heavy atom. The number of carbonyl (C=O) groups excluding carboxylic acids is 2. The van der Waals surface area contributed by atoms with Crippen LogP contribution in [0.25, 0.3) is 0 Å². The smallest absolute Gasteiger partial charge is 0.338 e. The summed E-state index contributed by atoms with van der Waals surface area (Å²) in [6, 6.07) is 12.1. The predicted molar refractivity (Wildman–Crippen MR) is 126 cm³/mol. The Morgan fingerprint density at radius 2 is 1.82 bits per heavy atom. The fourth-order valence-corrected chi connectivity index (χ4v) is 4.05. The van der Waals surface area contributed by atoms with Crippen LogP contribution < -0.4 is 10.1 Å². The minimum absolute atomic E-state index is 0.0704. The van der Waals surface area contributed by atoms with Crippen LogP contribution in [0, 0.1) is 10.1 Å². The van der Waals surface area contributed by atoms with E-state index in [1.807, 2.05) is 12.1 Å². The van der Waals surface area contributed by atoms with Crippen LogP contribution in [0.5, 0.6) is 5.75 Å². The minimum Gasteiger partial charge on any atom is -0.497 e. The van der Waals surface area contributed by atoms with Gasteiger partial charge in [0.25, 0.3) is 5.69 Å². The van der Waals surface area contributed by atoms with Crippen molar-refractivity contribution in [2.24, 2.45) is 4.99 Å². The average molecular weight is 470 g/mol. The number of hydrogen-bond acceptors (Lipinski definition) is 9.